The predicted octanol–water partition coefficient (Wildman–Crippen LogP) is 5.02. The summed E-state index contributed by atoms with van der Waals surface area (Å²) in [5.74, 6) is -0.106. The molecule has 0 bridgehead atoms. The first-order chi connectivity index (χ1) is 15.1. The molecule has 5 nitrogen and oxygen atoms in total. The van der Waals surface area contributed by atoms with Gasteiger partial charge in [-0.15, -0.1) is 0 Å². The van der Waals surface area contributed by atoms with E-state index < -0.39 is 6.04 Å². The molecule has 170 valence electrons. The summed E-state index contributed by atoms with van der Waals surface area (Å²) in [5, 5.41) is 7.07. The number of unbranched alkanes of at least 4 members (excludes halogenated alkanes) is 9. The number of para-hydroxylation sites is 1. The van der Waals surface area contributed by atoms with Crippen LogP contribution in [0.3, 0.4) is 0 Å². The number of piperazine rings is 1. The monoisotopic (exact) mass is 425 g/mol. The highest BCUT2D eigenvalue weighted by atomic mass is 16.2. The first kappa shape index (κ1) is 23.4. The van der Waals surface area contributed by atoms with Gasteiger partial charge in [0.05, 0.1) is 0 Å². The average molecular weight is 426 g/mol. The summed E-state index contributed by atoms with van der Waals surface area (Å²) >= 11 is 0. The number of amides is 2. The molecule has 2 N–H and O–H groups in total. The number of aryl methyl sites for hydroxylation is 1. The van der Waals surface area contributed by atoms with Crippen LogP contribution in [-0.2, 0) is 23.1 Å². The van der Waals surface area contributed by atoms with Crippen molar-refractivity contribution in [3.63, 3.8) is 0 Å². The molecule has 2 amide bonds. The van der Waals surface area contributed by atoms with Crippen LogP contribution in [0.4, 0.5) is 0 Å². The molecular formula is C26H39N3O2. The van der Waals surface area contributed by atoms with Gasteiger partial charge in [-0.1, -0.05) is 89.3 Å². The molecule has 1 aliphatic rings. The third-order valence-corrected chi connectivity index (χ3v) is 6.52. The number of carbonyl (C=O) groups excluding carboxylic acids is 2. The summed E-state index contributed by atoms with van der Waals surface area (Å²) in [7, 11) is 2.01. The maximum Gasteiger partial charge on any atom is 0.243 e. The van der Waals surface area contributed by atoms with E-state index in [0.29, 0.717) is 6.42 Å². The third-order valence-electron chi connectivity index (χ3n) is 6.52. The van der Waals surface area contributed by atoms with E-state index in [4.69, 9.17) is 0 Å². The van der Waals surface area contributed by atoms with Crippen LogP contribution in [-0.4, -0.2) is 28.5 Å². The van der Waals surface area contributed by atoms with Crippen molar-refractivity contribution in [3.8, 4) is 0 Å². The highest BCUT2D eigenvalue weighted by molar-refractivity contribution is 5.97. The van der Waals surface area contributed by atoms with Crippen molar-refractivity contribution in [3.05, 3.63) is 36.0 Å². The van der Waals surface area contributed by atoms with Crippen LogP contribution in [0, 0.1) is 0 Å². The SMILES string of the molecule is CCCCCCCCCCCC[C@H]1NC(=O)[C@@H](Cc2cn(C)c3ccccc23)NC1=O. The lowest BCUT2D eigenvalue weighted by Crippen LogP contribution is -2.62. The molecule has 0 unspecified atom stereocenters. The first-order valence-corrected chi connectivity index (χ1v) is 12.2. The first-order valence-electron chi connectivity index (χ1n) is 12.2. The quantitative estimate of drug-likeness (QED) is 0.443. The van der Waals surface area contributed by atoms with Gasteiger partial charge in [-0.05, 0) is 18.1 Å². The van der Waals surface area contributed by atoms with Crippen molar-refractivity contribution in [1.82, 2.24) is 15.2 Å². The zero-order chi connectivity index (χ0) is 22.1. The number of rotatable bonds is 13. The second kappa shape index (κ2) is 11.9. The minimum Gasteiger partial charge on any atom is -0.350 e. The molecule has 1 saturated heterocycles. The Morgan fingerprint density at radius 1 is 0.806 bits per heavy atom. The lowest BCUT2D eigenvalue weighted by molar-refractivity contribution is -0.136. The van der Waals surface area contributed by atoms with E-state index in [1.165, 1.54) is 51.4 Å². The molecule has 2 aromatic rings. The largest absolute Gasteiger partial charge is 0.350 e. The van der Waals surface area contributed by atoms with Crippen molar-refractivity contribution < 1.29 is 9.59 Å². The third kappa shape index (κ3) is 6.59. The second-order valence-electron chi connectivity index (χ2n) is 9.08. The van der Waals surface area contributed by atoms with Gasteiger partial charge >= 0.3 is 0 Å². The van der Waals surface area contributed by atoms with E-state index in [9.17, 15) is 9.59 Å². The Kier molecular flexibility index (Phi) is 8.98. The fraction of sp³-hybridized carbons (Fsp3) is 0.615. The lowest BCUT2D eigenvalue weighted by atomic mass is 9.98. The molecule has 1 fully saturated rings. The molecule has 31 heavy (non-hydrogen) atoms. The number of hydrogen-bond acceptors (Lipinski definition) is 2. The van der Waals surface area contributed by atoms with Crippen LogP contribution < -0.4 is 10.6 Å². The molecule has 5 heteroatoms. The van der Waals surface area contributed by atoms with Crippen LogP contribution in [0.5, 0.6) is 0 Å². The van der Waals surface area contributed by atoms with Gasteiger partial charge in [0.2, 0.25) is 11.8 Å². The van der Waals surface area contributed by atoms with Gasteiger partial charge in [0.15, 0.2) is 0 Å². The van der Waals surface area contributed by atoms with Gasteiger partial charge in [0.25, 0.3) is 0 Å². The maximum atomic E-state index is 12.6. The molecule has 2 heterocycles. The maximum absolute atomic E-state index is 12.6. The van der Waals surface area contributed by atoms with Gasteiger partial charge < -0.3 is 15.2 Å². The van der Waals surface area contributed by atoms with E-state index >= 15 is 0 Å². The number of hydrogen-bond donors (Lipinski definition) is 2. The Morgan fingerprint density at radius 2 is 1.39 bits per heavy atom. The zero-order valence-corrected chi connectivity index (χ0v) is 19.3. The Bertz CT molecular complexity index is 857. The minimum absolute atomic E-state index is 0.0410. The molecule has 3 rings (SSSR count). The zero-order valence-electron chi connectivity index (χ0n) is 19.3. The molecule has 0 radical (unpaired) electrons. The molecule has 0 saturated carbocycles. The van der Waals surface area contributed by atoms with Crippen LogP contribution in [0.2, 0.25) is 0 Å². The van der Waals surface area contributed by atoms with Crippen molar-refractivity contribution >= 4 is 22.7 Å². The van der Waals surface area contributed by atoms with E-state index in [0.717, 1.165) is 35.7 Å². The summed E-state index contributed by atoms with van der Waals surface area (Å²) in [5.41, 5.74) is 2.23. The summed E-state index contributed by atoms with van der Waals surface area (Å²) in [6.07, 6.45) is 16.0. The summed E-state index contributed by atoms with van der Waals surface area (Å²) in [4.78, 5) is 25.2. The Morgan fingerprint density at radius 3 is 2.10 bits per heavy atom. The van der Waals surface area contributed by atoms with Gasteiger partial charge in [-0.2, -0.15) is 0 Å². The lowest BCUT2D eigenvalue weighted by Gasteiger charge is -2.29. The van der Waals surface area contributed by atoms with E-state index in [2.05, 4.69) is 40.5 Å². The molecule has 1 aromatic carbocycles. The van der Waals surface area contributed by atoms with E-state index in [1.807, 2.05) is 19.2 Å². The van der Waals surface area contributed by atoms with Gasteiger partial charge in [-0.3, -0.25) is 9.59 Å². The number of nitrogens with zero attached hydrogens (tertiary/aromatic N) is 1. The molecular weight excluding hydrogens is 386 g/mol. The van der Waals surface area contributed by atoms with E-state index in [1.54, 1.807) is 0 Å². The van der Waals surface area contributed by atoms with Crippen LogP contribution in [0.15, 0.2) is 30.5 Å². The number of nitrogens with one attached hydrogen (secondary N) is 2. The fourth-order valence-corrected chi connectivity index (χ4v) is 4.67. The van der Waals surface area contributed by atoms with Crippen molar-refractivity contribution in [2.24, 2.45) is 7.05 Å². The van der Waals surface area contributed by atoms with Crippen LogP contribution >= 0.6 is 0 Å². The predicted molar refractivity (Wildman–Crippen MR) is 127 cm³/mol. The molecule has 1 aromatic heterocycles. The van der Waals surface area contributed by atoms with Crippen molar-refractivity contribution in [2.75, 3.05) is 0 Å². The van der Waals surface area contributed by atoms with Crippen LogP contribution in [0.25, 0.3) is 10.9 Å². The highest BCUT2D eigenvalue weighted by Gasteiger charge is 2.33. The van der Waals surface area contributed by atoms with Crippen molar-refractivity contribution in [1.29, 1.82) is 0 Å². The standard InChI is InChI=1S/C26H39N3O2/c1-3-4-5-6-7-8-9-10-11-12-16-22-25(30)28-23(26(31)27-22)18-20-19-29(2)24-17-14-13-15-21(20)24/h13-15,17,19,22-23H,3-12,16,18H2,1-2H3,(H,27,31)(H,28,30)/t22-,23-/m1/s1. The number of aromatic nitrogens is 1. The Labute approximate surface area is 187 Å². The highest BCUT2D eigenvalue weighted by Crippen LogP contribution is 2.22. The molecule has 2 atom stereocenters. The molecule has 0 spiro atoms. The number of fused-ring (bicyclic) bond motifs is 1. The smallest absolute Gasteiger partial charge is 0.243 e. The number of benzene rings is 1. The molecule has 1 aliphatic heterocycles. The Balaban J connectivity index is 1.37. The van der Waals surface area contributed by atoms with Crippen LogP contribution in [0.1, 0.15) is 83.1 Å². The molecule has 0 aliphatic carbocycles. The average Bonchev–Trinajstić information content (AvgIpc) is 3.08. The van der Waals surface area contributed by atoms with Gasteiger partial charge in [0.1, 0.15) is 12.1 Å². The number of carbonyl (C=O) groups is 2. The van der Waals surface area contributed by atoms with E-state index in [-0.39, 0.29) is 17.9 Å². The minimum atomic E-state index is -0.498. The second-order valence-corrected chi connectivity index (χ2v) is 9.08. The normalized spacial score (nSPS) is 18.9. The fourth-order valence-electron chi connectivity index (χ4n) is 4.67. The van der Waals surface area contributed by atoms with Gasteiger partial charge in [0, 0.05) is 30.6 Å². The van der Waals surface area contributed by atoms with Crippen molar-refractivity contribution in [2.45, 2.75) is 96.1 Å². The summed E-state index contributed by atoms with van der Waals surface area (Å²) in [6.45, 7) is 2.25. The topological polar surface area (TPSA) is 63.1 Å². The summed E-state index contributed by atoms with van der Waals surface area (Å²) < 4.78 is 2.07. The summed E-state index contributed by atoms with van der Waals surface area (Å²) in [6, 6.07) is 7.28. The Hall–Kier alpha value is -2.30. The van der Waals surface area contributed by atoms with Gasteiger partial charge in [-0.25, -0.2) is 0 Å².